The van der Waals surface area contributed by atoms with Crippen LogP contribution in [0.5, 0.6) is 0 Å². The first kappa shape index (κ1) is 17.6. The summed E-state index contributed by atoms with van der Waals surface area (Å²) in [5.74, 6) is -0.554. The summed E-state index contributed by atoms with van der Waals surface area (Å²) in [6.45, 7) is 4.61. The second-order valence-corrected chi connectivity index (χ2v) is 6.53. The maximum absolute atomic E-state index is 13.2. The number of hydrogen-bond acceptors (Lipinski definition) is 3. The molecule has 3 rings (SSSR count). The topological polar surface area (TPSA) is 29.5 Å². The highest BCUT2D eigenvalue weighted by Gasteiger charge is 2.36. The zero-order valence-electron chi connectivity index (χ0n) is 14.5. The van der Waals surface area contributed by atoms with Gasteiger partial charge in [-0.15, -0.1) is 0 Å². The van der Waals surface area contributed by atoms with Crippen LogP contribution >= 0.6 is 0 Å². The number of carbonyl (C=O) groups excluding carboxylic acids is 1. The van der Waals surface area contributed by atoms with Crippen molar-refractivity contribution in [2.45, 2.75) is 25.8 Å². The Labute approximate surface area is 148 Å². The molecule has 0 spiro atoms. The van der Waals surface area contributed by atoms with Gasteiger partial charge in [0.25, 0.3) is 0 Å². The van der Waals surface area contributed by atoms with Crippen LogP contribution in [0.2, 0.25) is 0 Å². The van der Waals surface area contributed by atoms with E-state index in [1.54, 1.807) is 12.1 Å². The van der Waals surface area contributed by atoms with Crippen molar-refractivity contribution in [2.75, 3.05) is 19.7 Å². The predicted molar refractivity (Wildman–Crippen MR) is 95.6 cm³/mol. The molecule has 2 aromatic rings. The summed E-state index contributed by atoms with van der Waals surface area (Å²) in [4.78, 5) is 14.8. The van der Waals surface area contributed by atoms with E-state index in [0.717, 1.165) is 25.1 Å². The molecule has 0 unspecified atom stereocenters. The smallest absolute Gasteiger partial charge is 0.310 e. The van der Waals surface area contributed by atoms with E-state index < -0.39 is 0 Å². The molecule has 0 radical (unpaired) electrons. The number of rotatable bonds is 5. The second-order valence-electron chi connectivity index (χ2n) is 6.53. The maximum Gasteiger partial charge on any atom is 0.310 e. The summed E-state index contributed by atoms with van der Waals surface area (Å²) in [6, 6.07) is 16.8. The molecule has 1 heterocycles. The number of hydrogen-bond donors (Lipinski definition) is 0. The number of esters is 1. The third-order valence-corrected chi connectivity index (χ3v) is 4.83. The van der Waals surface area contributed by atoms with Crippen molar-refractivity contribution in [3.63, 3.8) is 0 Å². The van der Waals surface area contributed by atoms with Crippen molar-refractivity contribution in [3.8, 4) is 0 Å². The summed E-state index contributed by atoms with van der Waals surface area (Å²) in [5, 5.41) is 0. The van der Waals surface area contributed by atoms with E-state index in [9.17, 15) is 9.18 Å². The second kappa shape index (κ2) is 8.26. The molecule has 0 aliphatic carbocycles. The molecule has 3 nitrogen and oxygen atoms in total. The van der Waals surface area contributed by atoms with Crippen molar-refractivity contribution in [3.05, 3.63) is 71.5 Å². The number of halogens is 1. The third-order valence-electron chi connectivity index (χ3n) is 4.83. The van der Waals surface area contributed by atoms with E-state index in [0.29, 0.717) is 13.2 Å². The normalized spacial score (nSPS) is 21.0. The van der Waals surface area contributed by atoms with Gasteiger partial charge in [0.15, 0.2) is 0 Å². The number of piperidine rings is 1. The molecule has 4 heteroatoms. The zero-order valence-corrected chi connectivity index (χ0v) is 14.5. The first-order chi connectivity index (χ1) is 12.2. The largest absolute Gasteiger partial charge is 0.466 e. The predicted octanol–water partition coefficient (Wildman–Crippen LogP) is 3.99. The molecular weight excluding hydrogens is 317 g/mol. The highest BCUT2D eigenvalue weighted by Crippen LogP contribution is 2.34. The van der Waals surface area contributed by atoms with Crippen LogP contribution < -0.4 is 0 Å². The van der Waals surface area contributed by atoms with Crippen LogP contribution in [-0.4, -0.2) is 30.6 Å². The van der Waals surface area contributed by atoms with E-state index >= 15 is 0 Å². The van der Waals surface area contributed by atoms with Gasteiger partial charge in [0.2, 0.25) is 0 Å². The molecule has 0 saturated carbocycles. The minimum atomic E-state index is -0.252. The van der Waals surface area contributed by atoms with Gasteiger partial charge in [0.1, 0.15) is 5.82 Å². The lowest BCUT2D eigenvalue weighted by Gasteiger charge is -2.37. The summed E-state index contributed by atoms with van der Waals surface area (Å²) >= 11 is 0. The van der Waals surface area contributed by atoms with Crippen LogP contribution in [0.15, 0.2) is 54.6 Å². The fraction of sp³-hybridized carbons (Fsp3) is 0.381. The number of ether oxygens (including phenoxy) is 1. The Kier molecular flexibility index (Phi) is 5.82. The van der Waals surface area contributed by atoms with E-state index in [4.69, 9.17) is 4.74 Å². The fourth-order valence-corrected chi connectivity index (χ4v) is 3.60. The molecule has 2 aromatic carbocycles. The molecule has 2 atom stereocenters. The van der Waals surface area contributed by atoms with Gasteiger partial charge in [0.05, 0.1) is 12.5 Å². The van der Waals surface area contributed by atoms with Crippen LogP contribution in [0.25, 0.3) is 0 Å². The average molecular weight is 341 g/mol. The SMILES string of the molecule is CCOC(=O)[C@@H]1CN(Cc2ccccc2)CC[C@H]1c1ccc(F)cc1. The van der Waals surface area contributed by atoms with Crippen molar-refractivity contribution < 1.29 is 13.9 Å². The van der Waals surface area contributed by atoms with Crippen LogP contribution in [0.1, 0.15) is 30.4 Å². The average Bonchev–Trinajstić information content (AvgIpc) is 2.63. The summed E-state index contributed by atoms with van der Waals surface area (Å²) in [5.41, 5.74) is 2.25. The fourth-order valence-electron chi connectivity index (χ4n) is 3.60. The monoisotopic (exact) mass is 341 g/mol. The van der Waals surface area contributed by atoms with Gasteiger partial charge in [-0.2, -0.15) is 0 Å². The Morgan fingerprint density at radius 3 is 2.56 bits per heavy atom. The summed E-state index contributed by atoms with van der Waals surface area (Å²) in [6.07, 6.45) is 0.863. The first-order valence-electron chi connectivity index (χ1n) is 8.85. The van der Waals surface area contributed by atoms with Crippen LogP contribution in [0.4, 0.5) is 4.39 Å². The van der Waals surface area contributed by atoms with Gasteiger partial charge in [-0.1, -0.05) is 42.5 Å². The minimum absolute atomic E-state index is 0.0756. The summed E-state index contributed by atoms with van der Waals surface area (Å²) in [7, 11) is 0. The van der Waals surface area contributed by atoms with E-state index in [-0.39, 0.29) is 23.6 Å². The Morgan fingerprint density at radius 1 is 1.16 bits per heavy atom. The highest BCUT2D eigenvalue weighted by molar-refractivity contribution is 5.74. The van der Waals surface area contributed by atoms with Crippen LogP contribution in [-0.2, 0) is 16.1 Å². The Morgan fingerprint density at radius 2 is 1.88 bits per heavy atom. The van der Waals surface area contributed by atoms with Gasteiger partial charge < -0.3 is 4.74 Å². The molecule has 132 valence electrons. The van der Waals surface area contributed by atoms with E-state index in [1.807, 2.05) is 25.1 Å². The number of carbonyl (C=O) groups is 1. The van der Waals surface area contributed by atoms with Crippen molar-refractivity contribution in [1.82, 2.24) is 4.90 Å². The number of likely N-dealkylation sites (tertiary alicyclic amines) is 1. The molecule has 0 amide bonds. The Balaban J connectivity index is 1.76. The van der Waals surface area contributed by atoms with Crippen molar-refractivity contribution >= 4 is 5.97 Å². The van der Waals surface area contributed by atoms with Crippen molar-refractivity contribution in [2.24, 2.45) is 5.92 Å². The molecule has 25 heavy (non-hydrogen) atoms. The molecule has 1 fully saturated rings. The quantitative estimate of drug-likeness (QED) is 0.770. The summed E-state index contributed by atoms with van der Waals surface area (Å²) < 4.78 is 18.6. The maximum atomic E-state index is 13.2. The molecule has 1 saturated heterocycles. The van der Waals surface area contributed by atoms with E-state index in [1.165, 1.54) is 17.7 Å². The molecule has 1 aliphatic rings. The van der Waals surface area contributed by atoms with Gasteiger partial charge in [-0.05, 0) is 49.1 Å². The van der Waals surface area contributed by atoms with Crippen LogP contribution in [0.3, 0.4) is 0 Å². The van der Waals surface area contributed by atoms with Gasteiger partial charge in [-0.3, -0.25) is 9.69 Å². The van der Waals surface area contributed by atoms with Crippen molar-refractivity contribution in [1.29, 1.82) is 0 Å². The number of benzene rings is 2. The van der Waals surface area contributed by atoms with E-state index in [2.05, 4.69) is 17.0 Å². The molecular formula is C21H24FNO2. The minimum Gasteiger partial charge on any atom is -0.466 e. The lowest BCUT2D eigenvalue weighted by atomic mass is 9.80. The first-order valence-corrected chi connectivity index (χ1v) is 8.85. The van der Waals surface area contributed by atoms with Gasteiger partial charge in [-0.25, -0.2) is 4.39 Å². The zero-order chi connectivity index (χ0) is 17.6. The molecule has 1 aliphatic heterocycles. The Bertz CT molecular complexity index is 687. The highest BCUT2D eigenvalue weighted by atomic mass is 19.1. The molecule has 0 aromatic heterocycles. The standard InChI is InChI=1S/C21H24FNO2/c1-2-25-21(24)20-15-23(14-16-6-4-3-5-7-16)13-12-19(20)17-8-10-18(22)11-9-17/h3-11,19-20H,2,12-15H2,1H3/t19-,20+/m0/s1. The lowest BCUT2D eigenvalue weighted by molar-refractivity contribution is -0.150. The Hall–Kier alpha value is -2.20. The van der Waals surface area contributed by atoms with Gasteiger partial charge in [0, 0.05) is 13.1 Å². The third kappa shape index (κ3) is 4.45. The molecule has 0 N–H and O–H groups in total. The number of nitrogens with zero attached hydrogens (tertiary/aromatic N) is 1. The van der Waals surface area contributed by atoms with Crippen LogP contribution in [0, 0.1) is 11.7 Å². The van der Waals surface area contributed by atoms with Gasteiger partial charge >= 0.3 is 5.97 Å². The lowest BCUT2D eigenvalue weighted by Crippen LogP contribution is -2.43. The molecule has 0 bridgehead atoms.